The van der Waals surface area contributed by atoms with E-state index in [4.69, 9.17) is 9.57 Å². The van der Waals surface area contributed by atoms with E-state index >= 15 is 0 Å². The Morgan fingerprint density at radius 3 is 2.82 bits per heavy atom. The molecule has 1 aliphatic carbocycles. The Kier molecular flexibility index (Phi) is 8.88. The highest BCUT2D eigenvalue weighted by molar-refractivity contribution is 7.16. The zero-order chi connectivity index (χ0) is 20.4. The van der Waals surface area contributed by atoms with Gasteiger partial charge in [-0.1, -0.05) is 32.5 Å². The Hall–Kier alpha value is -2.47. The molecule has 150 valence electrons. The Balaban J connectivity index is 0.00000136. The maximum atomic E-state index is 6.08. The van der Waals surface area contributed by atoms with Gasteiger partial charge in [0.05, 0.1) is 10.6 Å². The van der Waals surface area contributed by atoms with E-state index < -0.39 is 0 Å². The summed E-state index contributed by atoms with van der Waals surface area (Å²) in [5.74, 6) is 1.53. The van der Waals surface area contributed by atoms with E-state index in [1.54, 1.807) is 29.9 Å². The zero-order valence-corrected chi connectivity index (χ0v) is 18.0. The summed E-state index contributed by atoms with van der Waals surface area (Å²) in [5, 5.41) is 5.17. The van der Waals surface area contributed by atoms with Crippen LogP contribution in [0.15, 0.2) is 53.8 Å². The summed E-state index contributed by atoms with van der Waals surface area (Å²) in [4.78, 5) is 14.9. The van der Waals surface area contributed by atoms with E-state index in [0.717, 1.165) is 58.2 Å². The minimum absolute atomic E-state index is 0.614. The Morgan fingerprint density at radius 1 is 1.29 bits per heavy atom. The number of allylic oxidation sites excluding steroid dienone is 2. The van der Waals surface area contributed by atoms with Gasteiger partial charge in [-0.15, -0.1) is 11.3 Å². The predicted molar refractivity (Wildman–Crippen MR) is 117 cm³/mol. The second kappa shape index (κ2) is 11.4. The van der Waals surface area contributed by atoms with E-state index in [0.29, 0.717) is 12.4 Å². The van der Waals surface area contributed by atoms with Crippen LogP contribution in [0.3, 0.4) is 0 Å². The summed E-state index contributed by atoms with van der Waals surface area (Å²) in [6, 6.07) is 3.89. The van der Waals surface area contributed by atoms with E-state index in [1.807, 2.05) is 32.9 Å². The molecular formula is C22H29N3O2S. The maximum Gasteiger partial charge on any atom is 0.138 e. The summed E-state index contributed by atoms with van der Waals surface area (Å²) in [6.45, 7) is 12.8. The molecule has 6 heteroatoms. The highest BCUT2D eigenvalue weighted by Gasteiger charge is 2.19. The molecule has 0 amide bonds. The van der Waals surface area contributed by atoms with Crippen LogP contribution in [0.4, 0.5) is 0 Å². The largest absolute Gasteiger partial charge is 0.460 e. The number of pyridine rings is 1. The average Bonchev–Trinajstić information content (AvgIpc) is 3.23. The molecule has 1 aliphatic rings. The summed E-state index contributed by atoms with van der Waals surface area (Å²) in [5.41, 5.74) is 3.01. The van der Waals surface area contributed by atoms with Crippen molar-refractivity contribution in [3.63, 3.8) is 0 Å². The van der Waals surface area contributed by atoms with Crippen LogP contribution in [-0.4, -0.2) is 22.3 Å². The second-order valence-corrected chi connectivity index (χ2v) is 7.10. The van der Waals surface area contributed by atoms with Crippen molar-refractivity contribution in [2.24, 2.45) is 5.16 Å². The van der Waals surface area contributed by atoms with Crippen LogP contribution in [0.1, 0.15) is 58.3 Å². The van der Waals surface area contributed by atoms with Gasteiger partial charge in [-0.3, -0.25) is 4.98 Å². The van der Waals surface area contributed by atoms with Crippen molar-refractivity contribution in [3.05, 3.63) is 53.5 Å². The average molecular weight is 400 g/mol. The SMILES string of the molecule is C=C(OC1=C(C)/C(=N/OCCC)CCC1)c1cnc(-c2cccnc2)s1.CC. The number of nitrogens with zero attached hydrogens (tertiary/aromatic N) is 3. The molecule has 0 bridgehead atoms. The van der Waals surface area contributed by atoms with Gasteiger partial charge in [0.2, 0.25) is 0 Å². The minimum Gasteiger partial charge on any atom is -0.460 e. The highest BCUT2D eigenvalue weighted by atomic mass is 32.1. The van der Waals surface area contributed by atoms with Crippen molar-refractivity contribution in [1.82, 2.24) is 9.97 Å². The Labute approximate surface area is 171 Å². The predicted octanol–water partition coefficient (Wildman–Crippen LogP) is 6.46. The highest BCUT2D eigenvalue weighted by Crippen LogP contribution is 2.32. The van der Waals surface area contributed by atoms with Gasteiger partial charge < -0.3 is 9.57 Å². The molecular weight excluding hydrogens is 370 g/mol. The van der Waals surface area contributed by atoms with Crippen molar-refractivity contribution in [2.45, 2.75) is 53.4 Å². The Bertz CT molecular complexity index is 825. The van der Waals surface area contributed by atoms with Gasteiger partial charge >= 0.3 is 0 Å². The lowest BCUT2D eigenvalue weighted by Gasteiger charge is -2.20. The molecule has 0 saturated carbocycles. The number of oxime groups is 1. The number of aromatic nitrogens is 2. The molecule has 0 unspecified atom stereocenters. The number of rotatable bonds is 7. The maximum absolute atomic E-state index is 6.08. The van der Waals surface area contributed by atoms with Crippen LogP contribution < -0.4 is 0 Å². The molecule has 2 heterocycles. The van der Waals surface area contributed by atoms with Crippen LogP contribution in [0.5, 0.6) is 0 Å². The second-order valence-electron chi connectivity index (χ2n) is 6.07. The van der Waals surface area contributed by atoms with E-state index in [2.05, 4.69) is 28.6 Å². The molecule has 0 spiro atoms. The number of hydrogen-bond acceptors (Lipinski definition) is 6. The van der Waals surface area contributed by atoms with E-state index in [9.17, 15) is 0 Å². The summed E-state index contributed by atoms with van der Waals surface area (Å²) >= 11 is 1.55. The molecule has 2 aromatic heterocycles. The third kappa shape index (κ3) is 5.76. The summed E-state index contributed by atoms with van der Waals surface area (Å²) in [6.07, 6.45) is 9.10. The lowest BCUT2D eigenvalue weighted by molar-refractivity contribution is 0.144. The first-order chi connectivity index (χ1) is 13.7. The van der Waals surface area contributed by atoms with Gasteiger partial charge in [0.25, 0.3) is 0 Å². The third-order valence-electron chi connectivity index (χ3n) is 4.07. The normalized spacial score (nSPS) is 15.1. The molecule has 0 atom stereocenters. The van der Waals surface area contributed by atoms with Crippen LogP contribution in [0, 0.1) is 0 Å². The smallest absolute Gasteiger partial charge is 0.138 e. The number of ether oxygens (including phenoxy) is 1. The monoisotopic (exact) mass is 399 g/mol. The molecule has 0 aromatic carbocycles. The van der Waals surface area contributed by atoms with Crippen molar-refractivity contribution < 1.29 is 9.57 Å². The first-order valence-corrected chi connectivity index (χ1v) is 10.6. The number of hydrogen-bond donors (Lipinski definition) is 0. The topological polar surface area (TPSA) is 56.6 Å². The lowest BCUT2D eigenvalue weighted by atomic mass is 9.97. The van der Waals surface area contributed by atoms with Crippen molar-refractivity contribution in [1.29, 1.82) is 0 Å². The first-order valence-electron chi connectivity index (χ1n) is 9.81. The van der Waals surface area contributed by atoms with Crippen LogP contribution in [0.2, 0.25) is 0 Å². The lowest BCUT2D eigenvalue weighted by Crippen LogP contribution is -2.12. The van der Waals surface area contributed by atoms with Crippen molar-refractivity contribution >= 4 is 22.8 Å². The van der Waals surface area contributed by atoms with Crippen LogP contribution in [0.25, 0.3) is 16.3 Å². The molecule has 0 radical (unpaired) electrons. The van der Waals surface area contributed by atoms with Gasteiger partial charge in [-0.25, -0.2) is 4.98 Å². The molecule has 0 fully saturated rings. The quantitative estimate of drug-likeness (QED) is 0.304. The van der Waals surface area contributed by atoms with Crippen molar-refractivity contribution in [3.8, 4) is 10.6 Å². The van der Waals surface area contributed by atoms with E-state index in [1.165, 1.54) is 0 Å². The molecule has 0 N–H and O–H groups in total. The number of thiazole rings is 1. The Morgan fingerprint density at radius 2 is 2.11 bits per heavy atom. The third-order valence-corrected chi connectivity index (χ3v) is 5.16. The fourth-order valence-corrected chi connectivity index (χ4v) is 3.45. The van der Waals surface area contributed by atoms with Gasteiger partial charge in [0.15, 0.2) is 0 Å². The van der Waals surface area contributed by atoms with Crippen molar-refractivity contribution in [2.75, 3.05) is 6.61 Å². The van der Waals surface area contributed by atoms with Gasteiger partial charge in [0, 0.05) is 36.1 Å². The minimum atomic E-state index is 0.614. The summed E-state index contributed by atoms with van der Waals surface area (Å²) in [7, 11) is 0. The fraction of sp³-hybridized carbons (Fsp3) is 0.409. The van der Waals surface area contributed by atoms with Crippen LogP contribution >= 0.6 is 11.3 Å². The zero-order valence-electron chi connectivity index (χ0n) is 17.2. The van der Waals surface area contributed by atoms with E-state index in [-0.39, 0.29) is 0 Å². The van der Waals surface area contributed by atoms with Gasteiger partial charge in [0.1, 0.15) is 23.1 Å². The van der Waals surface area contributed by atoms with Gasteiger partial charge in [-0.2, -0.15) is 0 Å². The molecule has 5 nitrogen and oxygen atoms in total. The first kappa shape index (κ1) is 21.8. The molecule has 0 saturated heterocycles. The summed E-state index contributed by atoms with van der Waals surface area (Å²) < 4.78 is 6.08. The van der Waals surface area contributed by atoms with Gasteiger partial charge in [-0.05, 0) is 38.3 Å². The van der Waals surface area contributed by atoms with Crippen LogP contribution in [-0.2, 0) is 9.57 Å². The molecule has 2 aromatic rings. The molecule has 3 rings (SSSR count). The molecule has 0 aliphatic heterocycles. The fourth-order valence-electron chi connectivity index (χ4n) is 2.63. The molecule has 28 heavy (non-hydrogen) atoms. The standard InChI is InChI=1S/C20H23N3O2S.C2H6/c1-4-11-24-23-17-8-5-9-18(14(17)2)25-15(3)19-13-22-20(26-19)16-7-6-10-21-12-16;1-2/h6-7,10,12-13H,3-5,8-9,11H2,1-2H3;1-2H3/b23-17+;.